The standard InChI is InChI=1S/C18H28N3O4PS/c1-12(2)24-26(23,25-13(3)4)19-18(27)20-9-14-8-15(11-20)16-6-5-7-17(22)21(16)10-14/h5-7,12-15H,8-11H2,1-4H3,(H,19,23,27)/t14-,15+/m1/s1. The predicted molar refractivity (Wildman–Crippen MR) is 109 cm³/mol. The number of aromatic nitrogens is 1. The molecule has 27 heavy (non-hydrogen) atoms. The largest absolute Gasteiger partial charge is 0.434 e. The van der Waals surface area contributed by atoms with Crippen LogP contribution in [0.5, 0.6) is 0 Å². The van der Waals surface area contributed by atoms with Gasteiger partial charge in [0.05, 0.1) is 12.2 Å². The van der Waals surface area contributed by atoms with Crippen LogP contribution in [0.25, 0.3) is 0 Å². The Balaban J connectivity index is 1.75. The molecule has 0 radical (unpaired) electrons. The van der Waals surface area contributed by atoms with E-state index in [1.165, 1.54) is 0 Å². The summed E-state index contributed by atoms with van der Waals surface area (Å²) in [6, 6.07) is 5.43. The summed E-state index contributed by atoms with van der Waals surface area (Å²) < 4.78 is 26.0. The minimum absolute atomic E-state index is 0.0523. The Bertz CT molecular complexity index is 796. The number of piperidine rings is 1. The normalized spacial score (nSPS) is 22.1. The van der Waals surface area contributed by atoms with Gasteiger partial charge in [-0.25, -0.2) is 4.57 Å². The lowest BCUT2D eigenvalue weighted by atomic mass is 9.83. The van der Waals surface area contributed by atoms with E-state index in [1.807, 2.05) is 21.6 Å². The summed E-state index contributed by atoms with van der Waals surface area (Å²) in [4.78, 5) is 14.2. The van der Waals surface area contributed by atoms with Gasteiger partial charge in [0.25, 0.3) is 5.56 Å². The van der Waals surface area contributed by atoms with Crippen LogP contribution in [-0.4, -0.2) is 39.9 Å². The maximum Gasteiger partial charge on any atom is 0.434 e. The zero-order valence-electron chi connectivity index (χ0n) is 16.3. The summed E-state index contributed by atoms with van der Waals surface area (Å²) >= 11 is 5.54. The van der Waals surface area contributed by atoms with Crippen molar-refractivity contribution in [3.05, 3.63) is 34.2 Å². The van der Waals surface area contributed by atoms with Crippen LogP contribution in [0.1, 0.15) is 45.7 Å². The molecule has 2 aliphatic rings. The fourth-order valence-corrected chi connectivity index (χ4v) is 6.01. The molecule has 0 amide bonds. The molecular weight excluding hydrogens is 385 g/mol. The molecule has 1 aromatic rings. The molecule has 9 heteroatoms. The Morgan fingerprint density at radius 2 is 1.85 bits per heavy atom. The van der Waals surface area contributed by atoms with Gasteiger partial charge in [-0.3, -0.25) is 18.9 Å². The van der Waals surface area contributed by atoms with Crippen molar-refractivity contribution in [2.75, 3.05) is 13.1 Å². The number of hydrogen-bond donors (Lipinski definition) is 1. The molecule has 1 N–H and O–H groups in total. The zero-order valence-corrected chi connectivity index (χ0v) is 18.0. The van der Waals surface area contributed by atoms with E-state index in [9.17, 15) is 9.36 Å². The van der Waals surface area contributed by atoms with E-state index in [1.54, 1.807) is 33.8 Å². The van der Waals surface area contributed by atoms with Crippen LogP contribution in [0, 0.1) is 5.92 Å². The van der Waals surface area contributed by atoms with E-state index in [-0.39, 0.29) is 23.7 Å². The Labute approximate surface area is 165 Å². The van der Waals surface area contributed by atoms with Gasteiger partial charge in [-0.15, -0.1) is 0 Å². The van der Waals surface area contributed by atoms with Gasteiger partial charge in [-0.1, -0.05) is 6.07 Å². The third-order valence-electron chi connectivity index (χ3n) is 4.70. The molecule has 7 nitrogen and oxygen atoms in total. The molecule has 0 aromatic carbocycles. The van der Waals surface area contributed by atoms with Crippen LogP contribution in [-0.2, 0) is 20.2 Å². The van der Waals surface area contributed by atoms with Crippen molar-refractivity contribution in [2.45, 2.75) is 58.8 Å². The number of likely N-dealkylation sites (tertiary alicyclic amines) is 1. The van der Waals surface area contributed by atoms with Gasteiger partial charge in [0, 0.05) is 37.3 Å². The van der Waals surface area contributed by atoms with Gasteiger partial charge in [-0.2, -0.15) is 0 Å². The fourth-order valence-electron chi connectivity index (χ4n) is 3.88. The second kappa shape index (κ2) is 8.03. The van der Waals surface area contributed by atoms with Gasteiger partial charge in [0.15, 0.2) is 5.11 Å². The summed E-state index contributed by atoms with van der Waals surface area (Å²) in [6.07, 6.45) is 0.513. The van der Waals surface area contributed by atoms with Crippen molar-refractivity contribution < 1.29 is 13.6 Å². The van der Waals surface area contributed by atoms with Crippen LogP contribution < -0.4 is 10.6 Å². The first-order chi connectivity index (χ1) is 12.7. The molecule has 2 aliphatic heterocycles. The highest BCUT2D eigenvalue weighted by atomic mass is 32.1. The topological polar surface area (TPSA) is 72.8 Å². The quantitative estimate of drug-likeness (QED) is 0.587. The molecule has 0 spiro atoms. The molecule has 2 atom stereocenters. The van der Waals surface area contributed by atoms with E-state index < -0.39 is 7.75 Å². The molecule has 1 fully saturated rings. The van der Waals surface area contributed by atoms with Gasteiger partial charge < -0.3 is 9.47 Å². The predicted octanol–water partition coefficient (Wildman–Crippen LogP) is 3.10. The number of hydrogen-bond acceptors (Lipinski definition) is 5. The highest BCUT2D eigenvalue weighted by Gasteiger charge is 2.37. The Morgan fingerprint density at radius 3 is 2.48 bits per heavy atom. The Morgan fingerprint density at radius 1 is 1.19 bits per heavy atom. The van der Waals surface area contributed by atoms with E-state index in [0.29, 0.717) is 30.7 Å². The SMILES string of the molecule is CC(C)OP(=O)(NC(=S)N1C[C@H]2C[C@@H](C1)c1cccc(=O)n1C2)OC(C)C. The third-order valence-corrected chi connectivity index (χ3v) is 7.09. The average Bonchev–Trinajstić information content (AvgIpc) is 2.53. The smallest absolute Gasteiger partial charge is 0.348 e. The maximum atomic E-state index is 13.1. The number of nitrogens with one attached hydrogen (secondary N) is 1. The third kappa shape index (κ3) is 4.80. The zero-order chi connectivity index (χ0) is 19.8. The molecule has 0 saturated carbocycles. The molecule has 0 unspecified atom stereocenters. The van der Waals surface area contributed by atoms with Crippen LogP contribution in [0.4, 0.5) is 0 Å². The van der Waals surface area contributed by atoms with Gasteiger partial charge in [0.2, 0.25) is 0 Å². The van der Waals surface area contributed by atoms with Crippen molar-refractivity contribution >= 4 is 25.1 Å². The highest BCUT2D eigenvalue weighted by Crippen LogP contribution is 2.47. The monoisotopic (exact) mass is 413 g/mol. The van der Waals surface area contributed by atoms with Crippen molar-refractivity contribution in [2.24, 2.45) is 5.92 Å². The van der Waals surface area contributed by atoms with Crippen molar-refractivity contribution in [1.82, 2.24) is 14.6 Å². The molecule has 3 rings (SSSR count). The molecule has 150 valence electrons. The Kier molecular flexibility index (Phi) is 6.11. The number of rotatable bonds is 5. The fraction of sp³-hybridized carbons (Fsp3) is 0.667. The van der Waals surface area contributed by atoms with E-state index >= 15 is 0 Å². The molecule has 0 aliphatic carbocycles. The van der Waals surface area contributed by atoms with E-state index in [2.05, 4.69) is 5.09 Å². The van der Waals surface area contributed by atoms with Crippen molar-refractivity contribution in [3.8, 4) is 0 Å². The lowest BCUT2D eigenvalue weighted by Gasteiger charge is -2.44. The summed E-state index contributed by atoms with van der Waals surface area (Å²) in [7, 11) is -3.55. The van der Waals surface area contributed by atoms with Gasteiger partial charge in [-0.05, 0) is 58.3 Å². The first kappa shape index (κ1) is 20.5. The number of nitrogens with zero attached hydrogens (tertiary/aromatic N) is 2. The minimum atomic E-state index is -3.55. The lowest BCUT2D eigenvalue weighted by molar-refractivity contribution is 0.136. The first-order valence-corrected chi connectivity index (χ1v) is 11.4. The number of fused-ring (bicyclic) bond motifs is 4. The van der Waals surface area contributed by atoms with Gasteiger partial charge >= 0.3 is 7.75 Å². The van der Waals surface area contributed by atoms with Crippen LogP contribution >= 0.6 is 20.0 Å². The van der Waals surface area contributed by atoms with Crippen LogP contribution in [0.15, 0.2) is 23.0 Å². The average molecular weight is 413 g/mol. The number of pyridine rings is 1. The van der Waals surface area contributed by atoms with E-state index in [4.69, 9.17) is 21.3 Å². The summed E-state index contributed by atoms with van der Waals surface area (Å²) in [5, 5.41) is 3.23. The second-order valence-corrected chi connectivity index (χ2v) is 9.85. The van der Waals surface area contributed by atoms with Gasteiger partial charge in [0.1, 0.15) is 0 Å². The maximum absolute atomic E-state index is 13.1. The van der Waals surface area contributed by atoms with Crippen molar-refractivity contribution in [3.63, 3.8) is 0 Å². The lowest BCUT2D eigenvalue weighted by Crippen LogP contribution is -2.51. The molecule has 2 bridgehead atoms. The number of thiocarbonyl (C=S) groups is 1. The first-order valence-electron chi connectivity index (χ1n) is 9.40. The van der Waals surface area contributed by atoms with E-state index in [0.717, 1.165) is 12.1 Å². The molecule has 3 heterocycles. The minimum Gasteiger partial charge on any atom is -0.348 e. The van der Waals surface area contributed by atoms with Crippen LogP contribution in [0.3, 0.4) is 0 Å². The molecule has 1 aromatic heterocycles. The highest BCUT2D eigenvalue weighted by molar-refractivity contribution is 7.81. The summed E-state index contributed by atoms with van der Waals surface area (Å²) in [5.74, 6) is 0.551. The van der Waals surface area contributed by atoms with Crippen LogP contribution in [0.2, 0.25) is 0 Å². The summed E-state index contributed by atoms with van der Waals surface area (Å²) in [6.45, 7) is 9.30. The molecular formula is C18H28N3O4PS. The summed E-state index contributed by atoms with van der Waals surface area (Å²) in [5.41, 5.74) is 1.10. The molecule has 1 saturated heterocycles. The van der Waals surface area contributed by atoms with Crippen molar-refractivity contribution in [1.29, 1.82) is 0 Å². The second-order valence-electron chi connectivity index (χ2n) is 7.83. The Hall–Kier alpha value is -1.21.